The van der Waals surface area contributed by atoms with Crippen LogP contribution in [0, 0.1) is 0 Å². The van der Waals surface area contributed by atoms with E-state index in [1.807, 2.05) is 11.8 Å². The van der Waals surface area contributed by atoms with E-state index in [9.17, 15) is 4.79 Å². The number of rotatable bonds is 7. The molecular weight excluding hydrogens is 256 g/mol. The average molecular weight is 273 g/mol. The molecule has 0 aliphatic heterocycles. The molecule has 0 aromatic heterocycles. The van der Waals surface area contributed by atoms with Gasteiger partial charge < -0.3 is 11.1 Å². The Morgan fingerprint density at radius 3 is 2.88 bits per heavy atom. The van der Waals surface area contributed by atoms with Crippen LogP contribution in [-0.2, 0) is 0 Å². The molecule has 0 spiro atoms. The molecule has 17 heavy (non-hydrogen) atoms. The fourth-order valence-corrected chi connectivity index (χ4v) is 2.09. The first-order valence-corrected chi connectivity index (χ1v) is 7.24. The minimum Gasteiger partial charge on any atom is -0.384 e. The van der Waals surface area contributed by atoms with Gasteiger partial charge >= 0.3 is 0 Å². The highest BCUT2D eigenvalue weighted by Crippen LogP contribution is 2.22. The molecule has 0 fully saturated rings. The second kappa shape index (κ2) is 7.45. The number of benzene rings is 1. The number of anilines is 1. The molecule has 0 saturated heterocycles. The Kier molecular flexibility index (Phi) is 6.22. The van der Waals surface area contributed by atoms with Crippen molar-refractivity contribution in [1.29, 1.82) is 0 Å². The van der Waals surface area contributed by atoms with E-state index in [4.69, 9.17) is 17.3 Å². The minimum atomic E-state index is -0.438. The number of nitrogens with one attached hydrogen (secondary N) is 1. The highest BCUT2D eigenvalue weighted by Gasteiger charge is 2.05. The number of amides is 1. The van der Waals surface area contributed by atoms with Crippen LogP contribution in [0.2, 0.25) is 5.02 Å². The second-order valence-corrected chi connectivity index (χ2v) is 5.08. The predicted molar refractivity (Wildman–Crippen MR) is 76.1 cm³/mol. The van der Waals surface area contributed by atoms with Crippen LogP contribution < -0.4 is 11.1 Å². The van der Waals surface area contributed by atoms with Crippen molar-refractivity contribution in [2.75, 3.05) is 23.9 Å². The lowest BCUT2D eigenvalue weighted by molar-refractivity contribution is 0.100. The first-order valence-electron chi connectivity index (χ1n) is 5.47. The Morgan fingerprint density at radius 2 is 2.24 bits per heavy atom. The number of unbranched alkanes of at least 4 members (excludes halogenated alkanes) is 1. The number of primary amides is 1. The minimum absolute atomic E-state index is 0.438. The van der Waals surface area contributed by atoms with Crippen molar-refractivity contribution in [2.45, 2.75) is 12.8 Å². The summed E-state index contributed by atoms with van der Waals surface area (Å²) >= 11 is 7.86. The molecule has 0 heterocycles. The zero-order valence-electron chi connectivity index (χ0n) is 9.83. The van der Waals surface area contributed by atoms with Gasteiger partial charge in [0.1, 0.15) is 0 Å². The molecule has 5 heteroatoms. The first-order chi connectivity index (χ1) is 8.15. The van der Waals surface area contributed by atoms with Crippen molar-refractivity contribution < 1.29 is 4.79 Å². The van der Waals surface area contributed by atoms with Crippen LogP contribution in [0.1, 0.15) is 23.2 Å². The van der Waals surface area contributed by atoms with Crippen molar-refractivity contribution in [3.8, 4) is 0 Å². The largest absolute Gasteiger partial charge is 0.384 e. The summed E-state index contributed by atoms with van der Waals surface area (Å²) < 4.78 is 0. The maximum atomic E-state index is 11.0. The Bertz CT molecular complexity index is 385. The van der Waals surface area contributed by atoms with E-state index in [-0.39, 0.29) is 0 Å². The van der Waals surface area contributed by atoms with Crippen molar-refractivity contribution in [3.05, 3.63) is 28.8 Å². The molecule has 0 aliphatic carbocycles. The molecule has 3 N–H and O–H groups in total. The zero-order chi connectivity index (χ0) is 12.7. The van der Waals surface area contributed by atoms with Gasteiger partial charge in [0.05, 0.1) is 10.7 Å². The third-order valence-electron chi connectivity index (χ3n) is 2.34. The fourth-order valence-electron chi connectivity index (χ4n) is 1.41. The average Bonchev–Trinajstić information content (AvgIpc) is 2.30. The maximum Gasteiger partial charge on any atom is 0.248 e. The lowest BCUT2D eigenvalue weighted by Crippen LogP contribution is -2.11. The number of thioether (sulfide) groups is 1. The summed E-state index contributed by atoms with van der Waals surface area (Å²) in [5.74, 6) is 0.726. The molecule has 3 nitrogen and oxygen atoms in total. The van der Waals surface area contributed by atoms with Crippen LogP contribution in [0.3, 0.4) is 0 Å². The van der Waals surface area contributed by atoms with Crippen LogP contribution in [0.5, 0.6) is 0 Å². The molecule has 0 unspecified atom stereocenters. The highest BCUT2D eigenvalue weighted by atomic mass is 35.5. The van der Waals surface area contributed by atoms with E-state index in [0.717, 1.165) is 24.4 Å². The van der Waals surface area contributed by atoms with Crippen molar-refractivity contribution >= 4 is 35.0 Å². The normalized spacial score (nSPS) is 10.2. The molecule has 0 bridgehead atoms. The van der Waals surface area contributed by atoms with Gasteiger partial charge in [0.15, 0.2) is 0 Å². The van der Waals surface area contributed by atoms with E-state index < -0.39 is 5.91 Å². The lowest BCUT2D eigenvalue weighted by Gasteiger charge is -2.09. The van der Waals surface area contributed by atoms with Crippen LogP contribution >= 0.6 is 23.4 Å². The number of carbonyl (C=O) groups excluding carboxylic acids is 1. The SMILES string of the molecule is CSCCCCNc1cc(C(N)=O)ccc1Cl. The summed E-state index contributed by atoms with van der Waals surface area (Å²) in [6.07, 6.45) is 4.35. The fraction of sp³-hybridized carbons (Fsp3) is 0.417. The van der Waals surface area contributed by atoms with E-state index in [0.29, 0.717) is 10.6 Å². The van der Waals surface area contributed by atoms with E-state index >= 15 is 0 Å². The predicted octanol–water partition coefficient (Wildman–Crippen LogP) is 2.99. The quantitative estimate of drug-likeness (QED) is 0.751. The van der Waals surface area contributed by atoms with Crippen LogP contribution in [0.25, 0.3) is 0 Å². The van der Waals surface area contributed by atoms with Gasteiger partial charge in [0.2, 0.25) is 5.91 Å². The third-order valence-corrected chi connectivity index (χ3v) is 3.37. The lowest BCUT2D eigenvalue weighted by atomic mass is 10.2. The van der Waals surface area contributed by atoms with Crippen LogP contribution in [0.15, 0.2) is 18.2 Å². The molecule has 1 aromatic carbocycles. The third kappa shape index (κ3) is 4.88. The number of nitrogens with two attached hydrogens (primary N) is 1. The highest BCUT2D eigenvalue weighted by molar-refractivity contribution is 7.98. The van der Waals surface area contributed by atoms with Crippen molar-refractivity contribution in [1.82, 2.24) is 0 Å². The molecule has 1 amide bonds. The molecule has 0 aliphatic rings. The Balaban J connectivity index is 2.51. The molecular formula is C12H17ClN2OS. The van der Waals surface area contributed by atoms with Gasteiger partial charge in [-0.1, -0.05) is 11.6 Å². The number of hydrogen-bond donors (Lipinski definition) is 2. The molecule has 0 atom stereocenters. The Morgan fingerprint density at radius 1 is 1.47 bits per heavy atom. The van der Waals surface area contributed by atoms with Gasteiger partial charge in [-0.2, -0.15) is 11.8 Å². The topological polar surface area (TPSA) is 55.1 Å². The van der Waals surface area contributed by atoms with E-state index in [1.165, 1.54) is 6.42 Å². The zero-order valence-corrected chi connectivity index (χ0v) is 11.4. The Hall–Kier alpha value is -0.870. The molecule has 0 saturated carbocycles. The Labute approximate surface area is 111 Å². The second-order valence-electron chi connectivity index (χ2n) is 3.69. The van der Waals surface area contributed by atoms with Gasteiger partial charge in [-0.15, -0.1) is 0 Å². The van der Waals surface area contributed by atoms with E-state index in [2.05, 4.69) is 11.6 Å². The molecule has 94 valence electrons. The van der Waals surface area contributed by atoms with Gasteiger partial charge in [0.25, 0.3) is 0 Å². The summed E-state index contributed by atoms with van der Waals surface area (Å²) in [6, 6.07) is 5.01. The van der Waals surface area contributed by atoms with Crippen LogP contribution in [0.4, 0.5) is 5.69 Å². The summed E-state index contributed by atoms with van der Waals surface area (Å²) in [6.45, 7) is 0.850. The monoisotopic (exact) mass is 272 g/mol. The summed E-state index contributed by atoms with van der Waals surface area (Å²) in [5, 5.41) is 3.83. The van der Waals surface area contributed by atoms with E-state index in [1.54, 1.807) is 18.2 Å². The van der Waals surface area contributed by atoms with Crippen molar-refractivity contribution in [3.63, 3.8) is 0 Å². The smallest absolute Gasteiger partial charge is 0.248 e. The standard InChI is InChI=1S/C12H17ClN2OS/c1-17-7-3-2-6-15-11-8-9(12(14)16)4-5-10(11)13/h4-5,8,15H,2-3,6-7H2,1H3,(H2,14,16). The molecule has 0 radical (unpaired) electrons. The summed E-state index contributed by atoms with van der Waals surface area (Å²) in [5.41, 5.74) is 6.46. The van der Waals surface area contributed by atoms with Gasteiger partial charge in [-0.05, 0) is 43.0 Å². The number of halogens is 1. The van der Waals surface area contributed by atoms with Crippen LogP contribution in [-0.4, -0.2) is 24.5 Å². The number of carbonyl (C=O) groups is 1. The van der Waals surface area contributed by atoms with Gasteiger partial charge in [-0.25, -0.2) is 0 Å². The van der Waals surface area contributed by atoms with Gasteiger partial charge in [0, 0.05) is 12.1 Å². The maximum absolute atomic E-state index is 11.0. The number of hydrogen-bond acceptors (Lipinski definition) is 3. The van der Waals surface area contributed by atoms with Crippen molar-refractivity contribution in [2.24, 2.45) is 5.73 Å². The molecule has 1 rings (SSSR count). The first kappa shape index (κ1) is 14.2. The summed E-state index contributed by atoms with van der Waals surface area (Å²) in [7, 11) is 0. The summed E-state index contributed by atoms with van der Waals surface area (Å²) in [4.78, 5) is 11.0. The van der Waals surface area contributed by atoms with Gasteiger partial charge in [-0.3, -0.25) is 4.79 Å². The molecule has 1 aromatic rings.